The summed E-state index contributed by atoms with van der Waals surface area (Å²) in [7, 11) is 0. The van der Waals surface area contributed by atoms with Crippen LogP contribution in [0.15, 0.2) is 51.9 Å². The molecule has 0 fully saturated rings. The zero-order valence-electron chi connectivity index (χ0n) is 16.5. The van der Waals surface area contributed by atoms with Crippen molar-refractivity contribution in [3.05, 3.63) is 42.5 Å². The Morgan fingerprint density at radius 2 is 1.81 bits per heavy atom. The van der Waals surface area contributed by atoms with Crippen molar-refractivity contribution in [2.24, 2.45) is 10.9 Å². The molecule has 0 aliphatic rings. The van der Waals surface area contributed by atoms with Gasteiger partial charge in [0.15, 0.2) is 0 Å². The molecule has 27 heavy (non-hydrogen) atoms. The lowest BCUT2D eigenvalue weighted by molar-refractivity contribution is 0.141. The second kappa shape index (κ2) is 9.45. The summed E-state index contributed by atoms with van der Waals surface area (Å²) in [4.78, 5) is 4.57. The van der Waals surface area contributed by atoms with Crippen molar-refractivity contribution in [2.75, 3.05) is 13.2 Å². The minimum Gasteiger partial charge on any atom is -0.456 e. The number of rotatable bonds is 8. The number of unbranched alkanes of at least 4 members (excludes halogenated alkanes) is 1. The minimum atomic E-state index is 0.336. The molecule has 0 spiro atoms. The van der Waals surface area contributed by atoms with Gasteiger partial charge in [0.25, 0.3) is 0 Å². The van der Waals surface area contributed by atoms with Gasteiger partial charge in [0, 0.05) is 16.8 Å². The fourth-order valence-electron chi connectivity index (χ4n) is 3.21. The van der Waals surface area contributed by atoms with Crippen molar-refractivity contribution in [3.8, 4) is 0 Å². The van der Waals surface area contributed by atoms with Crippen LogP contribution >= 0.6 is 0 Å². The van der Waals surface area contributed by atoms with Crippen molar-refractivity contribution in [1.82, 2.24) is 0 Å². The summed E-state index contributed by atoms with van der Waals surface area (Å²) in [6.07, 6.45) is 5.05. The van der Waals surface area contributed by atoms with Crippen LogP contribution in [-0.2, 0) is 9.47 Å². The number of hydrogen-bond acceptors (Lipinski definition) is 4. The van der Waals surface area contributed by atoms with E-state index < -0.39 is 0 Å². The van der Waals surface area contributed by atoms with E-state index in [0.717, 1.165) is 34.0 Å². The molecule has 0 N–H and O–H groups in total. The number of aliphatic imine (C=N–C) groups is 1. The number of nitrogens with zero attached hydrogens (tertiary/aromatic N) is 1. The molecule has 0 aliphatic heterocycles. The Hall–Kier alpha value is -2.49. The third-order valence-electron chi connectivity index (χ3n) is 4.84. The van der Waals surface area contributed by atoms with Crippen molar-refractivity contribution in [3.63, 3.8) is 0 Å². The van der Waals surface area contributed by atoms with Gasteiger partial charge < -0.3 is 13.9 Å². The zero-order valence-corrected chi connectivity index (χ0v) is 16.5. The molecule has 0 saturated carbocycles. The monoisotopic (exact) mass is 367 g/mol. The largest absolute Gasteiger partial charge is 0.456 e. The van der Waals surface area contributed by atoms with E-state index in [1.54, 1.807) is 0 Å². The van der Waals surface area contributed by atoms with Gasteiger partial charge in [-0.15, -0.1) is 0 Å². The molecular formula is C23H29NO3. The van der Waals surface area contributed by atoms with E-state index in [1.165, 1.54) is 19.3 Å². The molecule has 0 radical (unpaired) electrons. The van der Waals surface area contributed by atoms with Gasteiger partial charge in [-0.25, -0.2) is 0 Å². The van der Waals surface area contributed by atoms with Gasteiger partial charge in [0.05, 0.1) is 18.9 Å². The second-order valence-corrected chi connectivity index (χ2v) is 6.82. The molecule has 0 aliphatic carbocycles. The maximum absolute atomic E-state index is 5.94. The predicted molar refractivity (Wildman–Crippen MR) is 112 cm³/mol. The van der Waals surface area contributed by atoms with Gasteiger partial charge in [0.1, 0.15) is 11.2 Å². The molecule has 1 atom stereocenters. The maximum atomic E-state index is 5.94. The normalized spacial score (nSPS) is 13.2. The molecular weight excluding hydrogens is 338 g/mol. The smallest absolute Gasteiger partial charge is 0.388 e. The van der Waals surface area contributed by atoms with Gasteiger partial charge in [0.2, 0.25) is 0 Å². The summed E-state index contributed by atoms with van der Waals surface area (Å²) in [5.41, 5.74) is 2.48. The van der Waals surface area contributed by atoms with Crippen LogP contribution < -0.4 is 0 Å². The summed E-state index contributed by atoms with van der Waals surface area (Å²) < 4.78 is 17.5. The predicted octanol–water partition coefficient (Wildman–Crippen LogP) is 6.84. The van der Waals surface area contributed by atoms with Crippen LogP contribution in [0.3, 0.4) is 0 Å². The minimum absolute atomic E-state index is 0.336. The number of para-hydroxylation sites is 1. The topological polar surface area (TPSA) is 44.0 Å². The average Bonchev–Trinajstić information content (AvgIpc) is 3.06. The van der Waals surface area contributed by atoms with Crippen LogP contribution in [0.2, 0.25) is 0 Å². The van der Waals surface area contributed by atoms with Gasteiger partial charge in [-0.3, -0.25) is 0 Å². The van der Waals surface area contributed by atoms with Crippen LogP contribution in [-0.4, -0.2) is 19.3 Å². The van der Waals surface area contributed by atoms with Crippen LogP contribution in [0.5, 0.6) is 0 Å². The number of furan rings is 1. The summed E-state index contributed by atoms with van der Waals surface area (Å²) in [6.45, 7) is 7.53. The lowest BCUT2D eigenvalue weighted by Gasteiger charge is -2.16. The molecule has 1 aromatic heterocycles. The summed E-state index contributed by atoms with van der Waals surface area (Å²) in [6, 6.07) is 14.0. The second-order valence-electron chi connectivity index (χ2n) is 6.82. The van der Waals surface area contributed by atoms with E-state index >= 15 is 0 Å². The molecule has 4 nitrogen and oxygen atoms in total. The van der Waals surface area contributed by atoms with Crippen molar-refractivity contribution >= 4 is 33.7 Å². The molecule has 3 aromatic rings. The van der Waals surface area contributed by atoms with Gasteiger partial charge >= 0.3 is 6.08 Å². The number of fused-ring (bicyclic) bond motifs is 3. The first-order chi connectivity index (χ1) is 13.2. The highest BCUT2D eigenvalue weighted by Gasteiger charge is 2.11. The van der Waals surface area contributed by atoms with Crippen molar-refractivity contribution in [2.45, 2.75) is 46.5 Å². The third-order valence-corrected chi connectivity index (χ3v) is 4.84. The molecule has 4 heteroatoms. The zero-order chi connectivity index (χ0) is 19.1. The molecule has 1 unspecified atom stereocenters. The first-order valence-electron chi connectivity index (χ1n) is 10.0. The Morgan fingerprint density at radius 1 is 1.00 bits per heavy atom. The molecule has 0 saturated heterocycles. The standard InChI is InChI=1S/C23H29NO3/c1-4-7-10-17(5-2)16-26-23(25-6-3)24-18-13-14-20-19-11-8-9-12-21(19)27-22(20)15-18/h8-9,11-15,17H,4-7,10,16H2,1-3H3. The molecule has 0 amide bonds. The van der Waals surface area contributed by atoms with E-state index in [1.807, 2.05) is 43.3 Å². The van der Waals surface area contributed by atoms with E-state index in [9.17, 15) is 0 Å². The van der Waals surface area contributed by atoms with Gasteiger partial charge in [-0.2, -0.15) is 4.99 Å². The average molecular weight is 367 g/mol. The maximum Gasteiger partial charge on any atom is 0.388 e. The summed E-state index contributed by atoms with van der Waals surface area (Å²) in [5.74, 6) is 0.536. The Kier molecular flexibility index (Phi) is 6.74. The van der Waals surface area contributed by atoms with Gasteiger partial charge in [-0.05, 0) is 37.5 Å². The Morgan fingerprint density at radius 3 is 2.59 bits per heavy atom. The van der Waals surface area contributed by atoms with Crippen LogP contribution in [0.25, 0.3) is 21.9 Å². The highest BCUT2D eigenvalue weighted by atomic mass is 16.7. The lowest BCUT2D eigenvalue weighted by atomic mass is 10.0. The summed E-state index contributed by atoms with van der Waals surface area (Å²) >= 11 is 0. The van der Waals surface area contributed by atoms with Crippen LogP contribution in [0, 0.1) is 5.92 Å². The molecule has 0 bridgehead atoms. The third kappa shape index (κ3) is 4.82. The van der Waals surface area contributed by atoms with Crippen molar-refractivity contribution < 1.29 is 13.9 Å². The van der Waals surface area contributed by atoms with E-state index in [0.29, 0.717) is 25.2 Å². The molecule has 1 heterocycles. The summed E-state index contributed by atoms with van der Waals surface area (Å²) in [5, 5.41) is 2.21. The Balaban J connectivity index is 1.79. The van der Waals surface area contributed by atoms with Gasteiger partial charge in [-0.1, -0.05) is 51.3 Å². The highest BCUT2D eigenvalue weighted by Crippen LogP contribution is 2.31. The number of hydrogen-bond donors (Lipinski definition) is 0. The fourth-order valence-corrected chi connectivity index (χ4v) is 3.21. The van der Waals surface area contributed by atoms with E-state index in [2.05, 4.69) is 24.9 Å². The van der Waals surface area contributed by atoms with Crippen LogP contribution in [0.4, 0.5) is 5.69 Å². The quantitative estimate of drug-likeness (QED) is 0.323. The molecule has 2 aromatic carbocycles. The Labute approximate surface area is 161 Å². The van der Waals surface area contributed by atoms with Crippen molar-refractivity contribution in [1.29, 1.82) is 0 Å². The first-order valence-corrected chi connectivity index (χ1v) is 10.0. The Bertz CT molecular complexity index is 897. The SMILES string of the molecule is CCCCC(CC)COC(=Nc1ccc2c(c1)oc1ccccc12)OCC. The highest BCUT2D eigenvalue weighted by molar-refractivity contribution is 6.05. The van der Waals surface area contributed by atoms with E-state index in [-0.39, 0.29) is 0 Å². The molecule has 144 valence electrons. The lowest BCUT2D eigenvalue weighted by Crippen LogP contribution is -2.16. The number of ether oxygens (including phenoxy) is 2. The molecule has 3 rings (SSSR count). The van der Waals surface area contributed by atoms with Crippen LogP contribution in [0.1, 0.15) is 46.5 Å². The fraction of sp³-hybridized carbons (Fsp3) is 0.435. The number of benzene rings is 2. The van der Waals surface area contributed by atoms with E-state index in [4.69, 9.17) is 13.9 Å². The first kappa shape index (κ1) is 19.3.